The van der Waals surface area contributed by atoms with E-state index >= 15 is 0 Å². The molecule has 0 saturated carbocycles. The molecule has 2 heterocycles. The highest BCUT2D eigenvalue weighted by molar-refractivity contribution is 5.82. The van der Waals surface area contributed by atoms with E-state index in [1.54, 1.807) is 13.8 Å². The standard InChI is InChI=1S/C18H26F3N3O3/c1-4-12-10-13(7-9-22-12)24-16(25)17(2,3)11-26-15-14(6-5-8-23-15)27-18(19,20)21/h5-6,8,12-13,22H,4,7,9-11H2,1-3H3,(H,24,25). The number of nitrogens with one attached hydrogen (secondary N) is 2. The Morgan fingerprint density at radius 2 is 2.15 bits per heavy atom. The number of hydrogen-bond donors (Lipinski definition) is 2. The Hall–Kier alpha value is -2.03. The number of carbonyl (C=O) groups is 1. The van der Waals surface area contributed by atoms with E-state index < -0.39 is 17.5 Å². The minimum atomic E-state index is -4.85. The molecule has 1 amide bonds. The van der Waals surface area contributed by atoms with Crippen molar-refractivity contribution in [2.24, 2.45) is 5.41 Å². The maximum Gasteiger partial charge on any atom is 0.573 e. The van der Waals surface area contributed by atoms with Crippen molar-refractivity contribution in [3.63, 3.8) is 0 Å². The fraction of sp³-hybridized carbons (Fsp3) is 0.667. The molecular formula is C18H26F3N3O3. The van der Waals surface area contributed by atoms with Crippen LogP contribution in [0.25, 0.3) is 0 Å². The van der Waals surface area contributed by atoms with Gasteiger partial charge in [0.2, 0.25) is 5.91 Å². The number of amides is 1. The molecule has 1 aromatic rings. The summed E-state index contributed by atoms with van der Waals surface area (Å²) in [6.07, 6.45) is -0.878. The Bertz CT molecular complexity index is 638. The molecule has 1 saturated heterocycles. The van der Waals surface area contributed by atoms with Gasteiger partial charge in [0.15, 0.2) is 5.75 Å². The molecule has 1 aliphatic heterocycles. The Balaban J connectivity index is 1.95. The lowest BCUT2D eigenvalue weighted by Crippen LogP contribution is -2.51. The van der Waals surface area contributed by atoms with Crippen LogP contribution >= 0.6 is 0 Å². The van der Waals surface area contributed by atoms with Crippen molar-refractivity contribution >= 4 is 5.91 Å². The predicted molar refractivity (Wildman–Crippen MR) is 93.4 cm³/mol. The summed E-state index contributed by atoms with van der Waals surface area (Å²) in [5.74, 6) is -1.05. The molecule has 0 radical (unpaired) electrons. The summed E-state index contributed by atoms with van der Waals surface area (Å²) in [6, 6.07) is 2.87. The zero-order chi connectivity index (χ0) is 20.1. The first-order valence-electron chi connectivity index (χ1n) is 8.98. The number of aromatic nitrogens is 1. The Kier molecular flexibility index (Phi) is 6.91. The van der Waals surface area contributed by atoms with Gasteiger partial charge in [0, 0.05) is 18.3 Å². The van der Waals surface area contributed by atoms with Crippen LogP contribution in [0.4, 0.5) is 13.2 Å². The topological polar surface area (TPSA) is 72.5 Å². The summed E-state index contributed by atoms with van der Waals surface area (Å²) in [5.41, 5.74) is -0.945. The second kappa shape index (κ2) is 8.77. The SMILES string of the molecule is CCC1CC(NC(=O)C(C)(C)COc2ncccc2OC(F)(F)F)CCN1. The first-order chi connectivity index (χ1) is 12.6. The van der Waals surface area contributed by atoms with Crippen molar-refractivity contribution in [2.45, 2.75) is 58.5 Å². The average molecular weight is 389 g/mol. The lowest BCUT2D eigenvalue weighted by atomic mass is 9.91. The number of nitrogens with zero attached hydrogens (tertiary/aromatic N) is 1. The Morgan fingerprint density at radius 1 is 1.41 bits per heavy atom. The third kappa shape index (κ3) is 6.57. The van der Waals surface area contributed by atoms with Crippen LogP contribution in [-0.2, 0) is 4.79 Å². The zero-order valence-electron chi connectivity index (χ0n) is 15.7. The van der Waals surface area contributed by atoms with Gasteiger partial charge in [-0.15, -0.1) is 13.2 Å². The number of piperidine rings is 1. The highest BCUT2D eigenvalue weighted by atomic mass is 19.4. The molecule has 27 heavy (non-hydrogen) atoms. The minimum absolute atomic E-state index is 0.0712. The van der Waals surface area contributed by atoms with E-state index in [0.717, 1.165) is 31.9 Å². The molecule has 152 valence electrons. The predicted octanol–water partition coefficient (Wildman–Crippen LogP) is 3.03. The van der Waals surface area contributed by atoms with Crippen molar-refractivity contribution in [3.05, 3.63) is 18.3 Å². The average Bonchev–Trinajstić information content (AvgIpc) is 2.60. The van der Waals surface area contributed by atoms with Crippen LogP contribution in [0.5, 0.6) is 11.6 Å². The van der Waals surface area contributed by atoms with Crippen LogP contribution in [0.15, 0.2) is 18.3 Å². The lowest BCUT2D eigenvalue weighted by Gasteiger charge is -2.33. The fourth-order valence-electron chi connectivity index (χ4n) is 2.83. The van der Waals surface area contributed by atoms with E-state index in [-0.39, 0.29) is 24.4 Å². The smallest absolute Gasteiger partial charge is 0.474 e. The van der Waals surface area contributed by atoms with Gasteiger partial charge < -0.3 is 20.1 Å². The summed E-state index contributed by atoms with van der Waals surface area (Å²) >= 11 is 0. The van der Waals surface area contributed by atoms with Crippen LogP contribution < -0.4 is 20.1 Å². The van der Waals surface area contributed by atoms with Gasteiger partial charge in [-0.05, 0) is 51.8 Å². The summed E-state index contributed by atoms with van der Waals surface area (Å²) in [5, 5.41) is 6.41. The third-order valence-corrected chi connectivity index (χ3v) is 4.47. The number of rotatable bonds is 7. The molecule has 0 spiro atoms. The molecule has 6 nitrogen and oxygen atoms in total. The number of pyridine rings is 1. The highest BCUT2D eigenvalue weighted by Gasteiger charge is 2.35. The van der Waals surface area contributed by atoms with Crippen LogP contribution in [0, 0.1) is 5.41 Å². The molecule has 1 aromatic heterocycles. The normalized spacial score (nSPS) is 20.8. The summed E-state index contributed by atoms with van der Waals surface area (Å²) in [6.45, 7) is 6.15. The maximum absolute atomic E-state index is 12.6. The molecule has 2 N–H and O–H groups in total. The quantitative estimate of drug-likeness (QED) is 0.750. The molecule has 1 aliphatic rings. The van der Waals surface area contributed by atoms with Crippen LogP contribution in [0.1, 0.15) is 40.0 Å². The van der Waals surface area contributed by atoms with E-state index in [1.807, 2.05) is 0 Å². The molecule has 0 bridgehead atoms. The van der Waals surface area contributed by atoms with Crippen LogP contribution in [0.2, 0.25) is 0 Å². The fourth-order valence-corrected chi connectivity index (χ4v) is 2.83. The van der Waals surface area contributed by atoms with Crippen molar-refractivity contribution in [3.8, 4) is 11.6 Å². The van der Waals surface area contributed by atoms with Crippen LogP contribution in [0.3, 0.4) is 0 Å². The maximum atomic E-state index is 12.6. The van der Waals surface area contributed by atoms with E-state index in [1.165, 1.54) is 12.3 Å². The van der Waals surface area contributed by atoms with Crippen molar-refractivity contribution in [1.29, 1.82) is 0 Å². The van der Waals surface area contributed by atoms with Crippen molar-refractivity contribution < 1.29 is 27.4 Å². The minimum Gasteiger partial charge on any atom is -0.474 e. The van der Waals surface area contributed by atoms with E-state index in [9.17, 15) is 18.0 Å². The molecule has 2 unspecified atom stereocenters. The molecule has 2 rings (SSSR count). The lowest BCUT2D eigenvalue weighted by molar-refractivity contribution is -0.275. The van der Waals surface area contributed by atoms with E-state index in [0.29, 0.717) is 6.04 Å². The van der Waals surface area contributed by atoms with Gasteiger partial charge in [0.05, 0.1) is 5.41 Å². The molecule has 0 aliphatic carbocycles. The van der Waals surface area contributed by atoms with Crippen molar-refractivity contribution in [1.82, 2.24) is 15.6 Å². The Labute approximate surface area is 156 Å². The third-order valence-electron chi connectivity index (χ3n) is 4.47. The summed E-state index contributed by atoms with van der Waals surface area (Å²) in [4.78, 5) is 16.4. The first-order valence-corrected chi connectivity index (χ1v) is 8.98. The first kappa shape index (κ1) is 21.3. The number of halogens is 3. The second-order valence-corrected chi connectivity index (χ2v) is 7.28. The Morgan fingerprint density at radius 3 is 2.81 bits per heavy atom. The monoisotopic (exact) mass is 389 g/mol. The molecule has 9 heteroatoms. The zero-order valence-corrected chi connectivity index (χ0v) is 15.7. The largest absolute Gasteiger partial charge is 0.573 e. The van der Waals surface area contributed by atoms with Gasteiger partial charge in [0.1, 0.15) is 6.61 Å². The number of hydrogen-bond acceptors (Lipinski definition) is 5. The number of carbonyl (C=O) groups excluding carboxylic acids is 1. The molecule has 2 atom stereocenters. The van der Waals surface area contributed by atoms with Crippen molar-refractivity contribution in [2.75, 3.05) is 13.2 Å². The molecule has 0 aromatic carbocycles. The van der Waals surface area contributed by atoms with Gasteiger partial charge in [-0.25, -0.2) is 4.98 Å². The molecule has 1 fully saturated rings. The highest BCUT2D eigenvalue weighted by Crippen LogP contribution is 2.31. The molecular weight excluding hydrogens is 363 g/mol. The van der Waals surface area contributed by atoms with Gasteiger partial charge in [-0.3, -0.25) is 4.79 Å². The van der Waals surface area contributed by atoms with Gasteiger partial charge in [-0.2, -0.15) is 0 Å². The second-order valence-electron chi connectivity index (χ2n) is 7.28. The number of ether oxygens (including phenoxy) is 2. The van der Waals surface area contributed by atoms with E-state index in [4.69, 9.17) is 4.74 Å². The van der Waals surface area contributed by atoms with E-state index in [2.05, 4.69) is 27.3 Å². The number of alkyl halides is 3. The van der Waals surface area contributed by atoms with Crippen LogP contribution in [-0.4, -0.2) is 42.5 Å². The van der Waals surface area contributed by atoms with Gasteiger partial charge >= 0.3 is 6.36 Å². The summed E-state index contributed by atoms with van der Waals surface area (Å²) in [7, 11) is 0. The summed E-state index contributed by atoms with van der Waals surface area (Å²) < 4.78 is 46.7. The van der Waals surface area contributed by atoms with Gasteiger partial charge in [-0.1, -0.05) is 6.92 Å². The van der Waals surface area contributed by atoms with Gasteiger partial charge in [0.25, 0.3) is 5.88 Å².